The summed E-state index contributed by atoms with van der Waals surface area (Å²) in [5, 5.41) is 2.79. The Kier molecular flexibility index (Phi) is 2.96. The van der Waals surface area contributed by atoms with E-state index in [-0.39, 0.29) is 11.8 Å². The highest BCUT2D eigenvalue weighted by molar-refractivity contribution is 6.08. The predicted octanol–water partition coefficient (Wildman–Crippen LogP) is 2.77. The molecule has 4 heteroatoms. The number of aryl methyl sites for hydroxylation is 1. The van der Waals surface area contributed by atoms with Gasteiger partial charge in [0.25, 0.3) is 5.91 Å². The molecular weight excluding hydrogens is 276 g/mol. The third kappa shape index (κ3) is 2.08. The smallest absolute Gasteiger partial charge is 0.258 e. The van der Waals surface area contributed by atoms with Crippen molar-refractivity contribution < 1.29 is 9.59 Å². The van der Waals surface area contributed by atoms with Crippen molar-refractivity contribution in [1.82, 2.24) is 0 Å². The lowest BCUT2D eigenvalue weighted by Gasteiger charge is -2.29. The normalized spacial score (nSPS) is 16.0. The van der Waals surface area contributed by atoms with E-state index in [1.54, 1.807) is 6.07 Å². The molecule has 2 amide bonds. The topological polar surface area (TPSA) is 49.4 Å². The van der Waals surface area contributed by atoms with Crippen molar-refractivity contribution in [2.75, 3.05) is 16.8 Å². The standard InChI is InChI=1S/C18H16N2O2/c21-17-11-14-10-13(7-8-15(14)19-17)18(22)20-9-3-5-12-4-1-2-6-16(12)20/h1-2,4,6-8,10H,3,5,9,11H2,(H,19,21). The molecule has 0 spiro atoms. The summed E-state index contributed by atoms with van der Waals surface area (Å²) >= 11 is 0. The molecule has 0 unspecified atom stereocenters. The van der Waals surface area contributed by atoms with Crippen molar-refractivity contribution in [3.05, 3.63) is 59.2 Å². The summed E-state index contributed by atoms with van der Waals surface area (Å²) in [7, 11) is 0. The fourth-order valence-electron chi connectivity index (χ4n) is 3.26. The molecule has 2 aliphatic rings. The molecule has 0 radical (unpaired) electrons. The molecule has 2 aliphatic heterocycles. The first-order valence-corrected chi connectivity index (χ1v) is 7.55. The molecule has 110 valence electrons. The second-order valence-corrected chi connectivity index (χ2v) is 5.79. The van der Waals surface area contributed by atoms with Gasteiger partial charge in [0.1, 0.15) is 0 Å². The molecule has 2 heterocycles. The van der Waals surface area contributed by atoms with Crippen LogP contribution in [0.5, 0.6) is 0 Å². The SMILES string of the molecule is O=C1Cc2cc(C(=O)N3CCCc4ccccc43)ccc2N1. The zero-order chi connectivity index (χ0) is 15.1. The third-order valence-electron chi connectivity index (χ3n) is 4.33. The number of nitrogens with zero attached hydrogens (tertiary/aromatic N) is 1. The van der Waals surface area contributed by atoms with Gasteiger partial charge in [-0.05, 0) is 48.2 Å². The molecule has 0 aliphatic carbocycles. The second-order valence-electron chi connectivity index (χ2n) is 5.79. The van der Waals surface area contributed by atoms with E-state index in [9.17, 15) is 9.59 Å². The zero-order valence-electron chi connectivity index (χ0n) is 12.1. The molecule has 1 N–H and O–H groups in total. The van der Waals surface area contributed by atoms with E-state index in [0.717, 1.165) is 36.3 Å². The Morgan fingerprint density at radius 2 is 1.95 bits per heavy atom. The molecule has 4 rings (SSSR count). The molecular formula is C18H16N2O2. The van der Waals surface area contributed by atoms with E-state index < -0.39 is 0 Å². The summed E-state index contributed by atoms with van der Waals surface area (Å²) in [6, 6.07) is 13.5. The van der Waals surface area contributed by atoms with E-state index in [0.29, 0.717) is 12.0 Å². The van der Waals surface area contributed by atoms with Crippen LogP contribution in [0.25, 0.3) is 0 Å². The van der Waals surface area contributed by atoms with Crippen LogP contribution in [0.1, 0.15) is 27.9 Å². The fraction of sp³-hybridized carbons (Fsp3) is 0.222. The number of amides is 2. The first kappa shape index (κ1) is 13.1. The maximum Gasteiger partial charge on any atom is 0.258 e. The van der Waals surface area contributed by atoms with Crippen LogP contribution < -0.4 is 10.2 Å². The summed E-state index contributed by atoms with van der Waals surface area (Å²) in [5.41, 5.74) is 4.60. The Morgan fingerprint density at radius 1 is 1.09 bits per heavy atom. The van der Waals surface area contributed by atoms with Crippen LogP contribution in [0, 0.1) is 0 Å². The molecule has 2 aromatic carbocycles. The van der Waals surface area contributed by atoms with Gasteiger partial charge < -0.3 is 10.2 Å². The Hall–Kier alpha value is -2.62. The van der Waals surface area contributed by atoms with Crippen molar-refractivity contribution >= 4 is 23.2 Å². The maximum absolute atomic E-state index is 12.9. The number of hydrogen-bond acceptors (Lipinski definition) is 2. The van der Waals surface area contributed by atoms with Gasteiger partial charge in [0.05, 0.1) is 6.42 Å². The number of anilines is 2. The van der Waals surface area contributed by atoms with E-state index in [4.69, 9.17) is 0 Å². The highest BCUT2D eigenvalue weighted by Gasteiger charge is 2.25. The second kappa shape index (κ2) is 4.98. The van der Waals surface area contributed by atoms with Gasteiger partial charge in [-0.1, -0.05) is 18.2 Å². The van der Waals surface area contributed by atoms with Crippen LogP contribution in [0.4, 0.5) is 11.4 Å². The number of fused-ring (bicyclic) bond motifs is 2. The van der Waals surface area contributed by atoms with E-state index >= 15 is 0 Å². The Morgan fingerprint density at radius 3 is 2.86 bits per heavy atom. The van der Waals surface area contributed by atoms with Crippen LogP contribution in [0.3, 0.4) is 0 Å². The lowest BCUT2D eigenvalue weighted by Crippen LogP contribution is -2.35. The predicted molar refractivity (Wildman–Crippen MR) is 85.2 cm³/mol. The fourth-order valence-corrected chi connectivity index (χ4v) is 3.26. The first-order valence-electron chi connectivity index (χ1n) is 7.55. The van der Waals surface area contributed by atoms with Gasteiger partial charge in [0.15, 0.2) is 0 Å². The number of para-hydroxylation sites is 1. The van der Waals surface area contributed by atoms with Crippen molar-refractivity contribution in [3.63, 3.8) is 0 Å². The first-order chi connectivity index (χ1) is 10.7. The number of rotatable bonds is 1. The molecule has 0 bridgehead atoms. The number of carbonyl (C=O) groups is 2. The Balaban J connectivity index is 1.69. The van der Waals surface area contributed by atoms with Gasteiger partial charge >= 0.3 is 0 Å². The monoisotopic (exact) mass is 292 g/mol. The lowest BCUT2D eigenvalue weighted by molar-refractivity contribution is -0.115. The van der Waals surface area contributed by atoms with Gasteiger partial charge in [-0.25, -0.2) is 0 Å². The summed E-state index contributed by atoms with van der Waals surface area (Å²) in [5.74, 6) is -0.00258. The van der Waals surface area contributed by atoms with Gasteiger partial charge in [-0.3, -0.25) is 9.59 Å². The highest BCUT2D eigenvalue weighted by atomic mass is 16.2. The van der Waals surface area contributed by atoms with Gasteiger partial charge in [0, 0.05) is 23.5 Å². The van der Waals surface area contributed by atoms with Crippen LogP contribution in [-0.2, 0) is 17.6 Å². The number of hydrogen-bond donors (Lipinski definition) is 1. The van der Waals surface area contributed by atoms with Crippen molar-refractivity contribution in [3.8, 4) is 0 Å². The Bertz CT molecular complexity index is 782. The molecule has 0 fully saturated rings. The summed E-state index contributed by atoms with van der Waals surface area (Å²) in [6.45, 7) is 0.740. The molecule has 0 saturated carbocycles. The van der Waals surface area contributed by atoms with Crippen molar-refractivity contribution in [2.45, 2.75) is 19.3 Å². The Labute approximate surface area is 128 Å². The minimum Gasteiger partial charge on any atom is -0.326 e. The van der Waals surface area contributed by atoms with Crippen LogP contribution in [0.2, 0.25) is 0 Å². The zero-order valence-corrected chi connectivity index (χ0v) is 12.1. The quantitative estimate of drug-likeness (QED) is 0.878. The summed E-state index contributed by atoms with van der Waals surface area (Å²) < 4.78 is 0. The summed E-state index contributed by atoms with van der Waals surface area (Å²) in [4.78, 5) is 26.2. The number of nitrogens with one attached hydrogen (secondary N) is 1. The lowest BCUT2D eigenvalue weighted by atomic mass is 10.00. The van der Waals surface area contributed by atoms with Gasteiger partial charge in [-0.2, -0.15) is 0 Å². The molecule has 0 saturated heterocycles. The average molecular weight is 292 g/mol. The minimum absolute atomic E-state index is 0.00861. The molecule has 2 aromatic rings. The molecule has 4 nitrogen and oxygen atoms in total. The van der Waals surface area contributed by atoms with Crippen molar-refractivity contribution in [1.29, 1.82) is 0 Å². The molecule has 0 aromatic heterocycles. The van der Waals surface area contributed by atoms with Crippen molar-refractivity contribution in [2.24, 2.45) is 0 Å². The van der Waals surface area contributed by atoms with Gasteiger partial charge in [0.2, 0.25) is 5.91 Å². The van der Waals surface area contributed by atoms with Crippen LogP contribution >= 0.6 is 0 Å². The molecule has 0 atom stereocenters. The molecule has 22 heavy (non-hydrogen) atoms. The van der Waals surface area contributed by atoms with Crippen LogP contribution in [0.15, 0.2) is 42.5 Å². The number of benzene rings is 2. The average Bonchev–Trinajstić information content (AvgIpc) is 2.92. The minimum atomic E-state index is -0.0112. The van der Waals surface area contributed by atoms with E-state index in [1.807, 2.05) is 35.2 Å². The van der Waals surface area contributed by atoms with Gasteiger partial charge in [-0.15, -0.1) is 0 Å². The largest absolute Gasteiger partial charge is 0.326 e. The highest BCUT2D eigenvalue weighted by Crippen LogP contribution is 2.30. The number of carbonyl (C=O) groups excluding carboxylic acids is 2. The maximum atomic E-state index is 12.9. The van der Waals surface area contributed by atoms with Crippen LogP contribution in [-0.4, -0.2) is 18.4 Å². The summed E-state index contributed by atoms with van der Waals surface area (Å²) in [6.07, 6.45) is 2.35. The van der Waals surface area contributed by atoms with E-state index in [1.165, 1.54) is 5.56 Å². The third-order valence-corrected chi connectivity index (χ3v) is 4.33. The van der Waals surface area contributed by atoms with E-state index in [2.05, 4.69) is 11.4 Å².